The molecule has 0 saturated carbocycles. The Labute approximate surface area is 276 Å². The molecule has 4 heteroatoms. The van der Waals surface area contributed by atoms with Crippen LogP contribution in [0.5, 0.6) is 0 Å². The molecular weight excluding hydrogens is 591 g/mol. The number of benzene rings is 7. The Hall–Kier alpha value is -5.58. The van der Waals surface area contributed by atoms with Crippen LogP contribution < -0.4 is 0 Å². The number of nitrogens with zero attached hydrogens (tertiary/aromatic N) is 3. The summed E-state index contributed by atoms with van der Waals surface area (Å²) in [5, 5.41) is 5.09. The van der Waals surface area contributed by atoms with Crippen LogP contribution in [-0.2, 0) is 0 Å². The second kappa shape index (κ2) is 10.8. The van der Waals surface area contributed by atoms with E-state index < -0.39 is 10.0 Å². The van der Waals surface area contributed by atoms with Crippen molar-refractivity contribution in [3.8, 4) is 56.4 Å². The number of aromatic nitrogens is 3. The Bertz CT molecular complexity index is 2480. The lowest BCUT2D eigenvalue weighted by atomic mass is 9.96. The van der Waals surface area contributed by atoms with Gasteiger partial charge in [-0.2, -0.15) is 10.0 Å². The first kappa shape index (κ1) is 27.7. The molecular formula is C43H31N3S. The highest BCUT2D eigenvalue weighted by molar-refractivity contribution is 8.33. The Balaban J connectivity index is 1.21. The van der Waals surface area contributed by atoms with Gasteiger partial charge >= 0.3 is 0 Å². The molecule has 0 spiro atoms. The van der Waals surface area contributed by atoms with Crippen molar-refractivity contribution in [2.24, 2.45) is 0 Å². The van der Waals surface area contributed by atoms with E-state index in [1.807, 2.05) is 18.2 Å². The largest absolute Gasteiger partial charge is 0.208 e. The standard InChI is InChI=1S/C43H31N3S/c1-47(2)38-18-10-17-37(39(38)36-26-25-30-12-8-9-16-35(30)40(36)47)43-45-41(31-13-4-3-5-14-31)44-42(46-43)32-22-19-29(20-23-32)34-24-21-28-11-6-7-15-33(28)27-34/h3-27H,1-2H3. The van der Waals surface area contributed by atoms with Crippen LogP contribution in [0.3, 0.4) is 0 Å². The van der Waals surface area contributed by atoms with E-state index in [0.29, 0.717) is 17.5 Å². The third-order valence-corrected chi connectivity index (χ3v) is 12.3. The van der Waals surface area contributed by atoms with Crippen LogP contribution >= 0.6 is 10.0 Å². The molecule has 3 nitrogen and oxygen atoms in total. The third kappa shape index (κ3) is 4.56. The van der Waals surface area contributed by atoms with E-state index in [-0.39, 0.29) is 0 Å². The average Bonchev–Trinajstić information content (AvgIpc) is 3.38. The van der Waals surface area contributed by atoms with Gasteiger partial charge in [-0.1, -0.05) is 140 Å². The molecule has 0 radical (unpaired) electrons. The highest BCUT2D eigenvalue weighted by Gasteiger charge is 2.35. The molecule has 0 fully saturated rings. The maximum Gasteiger partial charge on any atom is 0.164 e. The molecule has 7 aromatic carbocycles. The van der Waals surface area contributed by atoms with Crippen LogP contribution in [0.2, 0.25) is 0 Å². The SMILES string of the molecule is CS1(C)c2cccc(-c3nc(-c4ccccc4)nc(-c4ccc(-c5ccc6ccccc6c5)cc4)n3)c2-c2ccc3ccccc3c21. The van der Waals surface area contributed by atoms with Crippen LogP contribution in [0.1, 0.15) is 0 Å². The van der Waals surface area contributed by atoms with E-state index >= 15 is 0 Å². The second-order valence-electron chi connectivity index (χ2n) is 12.5. The van der Waals surface area contributed by atoms with Crippen molar-refractivity contribution in [1.29, 1.82) is 0 Å². The number of hydrogen-bond acceptors (Lipinski definition) is 3. The summed E-state index contributed by atoms with van der Waals surface area (Å²) in [4.78, 5) is 18.2. The van der Waals surface area contributed by atoms with E-state index in [1.54, 1.807) is 0 Å². The molecule has 0 bridgehead atoms. The molecule has 1 aliphatic rings. The first-order valence-corrected chi connectivity index (χ1v) is 18.3. The van der Waals surface area contributed by atoms with Gasteiger partial charge in [0.05, 0.1) is 0 Å². The Morgan fingerprint density at radius 3 is 1.79 bits per heavy atom. The molecule has 0 unspecified atom stereocenters. The van der Waals surface area contributed by atoms with Gasteiger partial charge < -0.3 is 0 Å². The lowest BCUT2D eigenvalue weighted by Gasteiger charge is -2.29. The fourth-order valence-electron chi connectivity index (χ4n) is 7.04. The molecule has 0 N–H and O–H groups in total. The topological polar surface area (TPSA) is 38.7 Å². The lowest BCUT2D eigenvalue weighted by molar-refractivity contribution is 1.07. The minimum Gasteiger partial charge on any atom is -0.208 e. The van der Waals surface area contributed by atoms with Crippen LogP contribution in [0, 0.1) is 0 Å². The fourth-order valence-corrected chi connectivity index (χ4v) is 9.87. The highest BCUT2D eigenvalue weighted by atomic mass is 32.3. The van der Waals surface area contributed by atoms with E-state index in [0.717, 1.165) is 22.3 Å². The van der Waals surface area contributed by atoms with Crippen molar-refractivity contribution >= 4 is 31.6 Å². The predicted octanol–water partition coefficient (Wildman–Crippen LogP) is 11.3. The predicted molar refractivity (Wildman–Crippen MR) is 198 cm³/mol. The van der Waals surface area contributed by atoms with Gasteiger partial charge in [-0.3, -0.25) is 0 Å². The first-order valence-electron chi connectivity index (χ1n) is 15.8. The Kier molecular flexibility index (Phi) is 6.34. The molecule has 1 aliphatic heterocycles. The summed E-state index contributed by atoms with van der Waals surface area (Å²) < 4.78 is 0. The van der Waals surface area contributed by atoms with Gasteiger partial charge in [-0.15, -0.1) is 0 Å². The molecule has 0 saturated heterocycles. The van der Waals surface area contributed by atoms with Gasteiger partial charge in [-0.05, 0) is 62.9 Å². The zero-order chi connectivity index (χ0) is 31.5. The monoisotopic (exact) mass is 621 g/mol. The molecule has 1 aromatic heterocycles. The average molecular weight is 622 g/mol. The summed E-state index contributed by atoms with van der Waals surface area (Å²) in [7, 11) is -1.26. The maximum absolute atomic E-state index is 5.19. The maximum atomic E-state index is 5.19. The van der Waals surface area contributed by atoms with Gasteiger partial charge in [0, 0.05) is 32.0 Å². The Morgan fingerprint density at radius 2 is 1.00 bits per heavy atom. The first-order chi connectivity index (χ1) is 23.0. The van der Waals surface area contributed by atoms with E-state index in [4.69, 9.17) is 15.0 Å². The minimum atomic E-state index is -1.26. The molecule has 2 heterocycles. The van der Waals surface area contributed by atoms with Crippen LogP contribution in [0.15, 0.2) is 161 Å². The summed E-state index contributed by atoms with van der Waals surface area (Å²) in [6.45, 7) is 0. The summed E-state index contributed by atoms with van der Waals surface area (Å²) in [5.74, 6) is 2.03. The van der Waals surface area contributed by atoms with Gasteiger partial charge in [-0.25, -0.2) is 15.0 Å². The summed E-state index contributed by atoms with van der Waals surface area (Å²) >= 11 is 0. The van der Waals surface area contributed by atoms with Crippen LogP contribution in [0.25, 0.3) is 78.0 Å². The van der Waals surface area contributed by atoms with Gasteiger partial charge in [0.1, 0.15) is 0 Å². The molecule has 8 aromatic rings. The Morgan fingerprint density at radius 1 is 0.404 bits per heavy atom. The zero-order valence-corrected chi connectivity index (χ0v) is 27.0. The van der Waals surface area contributed by atoms with Gasteiger partial charge in [0.15, 0.2) is 17.5 Å². The zero-order valence-electron chi connectivity index (χ0n) is 26.2. The molecule has 9 rings (SSSR count). The fraction of sp³-hybridized carbons (Fsp3) is 0.0465. The van der Waals surface area contributed by atoms with Crippen LogP contribution in [-0.4, -0.2) is 27.5 Å². The van der Waals surface area contributed by atoms with Crippen LogP contribution in [0.4, 0.5) is 0 Å². The number of hydrogen-bond donors (Lipinski definition) is 0. The van der Waals surface area contributed by atoms with Crippen molar-refractivity contribution in [2.45, 2.75) is 9.79 Å². The summed E-state index contributed by atoms with van der Waals surface area (Å²) in [6.07, 6.45) is 4.83. The smallest absolute Gasteiger partial charge is 0.164 e. The number of fused-ring (bicyclic) bond motifs is 6. The van der Waals surface area contributed by atoms with Crippen molar-refractivity contribution < 1.29 is 0 Å². The molecule has 0 amide bonds. The van der Waals surface area contributed by atoms with Gasteiger partial charge in [0.2, 0.25) is 0 Å². The minimum absolute atomic E-state index is 0.667. The van der Waals surface area contributed by atoms with Gasteiger partial charge in [0.25, 0.3) is 0 Å². The summed E-state index contributed by atoms with van der Waals surface area (Å²) in [6, 6.07) is 53.8. The van der Waals surface area contributed by atoms with E-state index in [1.165, 1.54) is 48.0 Å². The molecule has 0 aliphatic carbocycles. The highest BCUT2D eigenvalue weighted by Crippen LogP contribution is 2.70. The second-order valence-corrected chi connectivity index (χ2v) is 16.0. The quantitative estimate of drug-likeness (QED) is 0.196. The molecule has 47 heavy (non-hydrogen) atoms. The van der Waals surface area contributed by atoms with Crippen molar-refractivity contribution in [3.05, 3.63) is 152 Å². The van der Waals surface area contributed by atoms with Crippen molar-refractivity contribution in [3.63, 3.8) is 0 Å². The lowest BCUT2D eigenvalue weighted by Crippen LogP contribution is -2.01. The van der Waals surface area contributed by atoms with E-state index in [2.05, 4.69) is 146 Å². The third-order valence-electron chi connectivity index (χ3n) is 9.37. The van der Waals surface area contributed by atoms with E-state index in [9.17, 15) is 0 Å². The number of rotatable bonds is 4. The van der Waals surface area contributed by atoms with Crippen molar-refractivity contribution in [2.75, 3.05) is 12.5 Å². The molecule has 224 valence electrons. The van der Waals surface area contributed by atoms with Crippen molar-refractivity contribution in [1.82, 2.24) is 15.0 Å². The molecule has 0 atom stereocenters. The normalized spacial score (nSPS) is 13.7. The summed E-state index contributed by atoms with van der Waals surface area (Å²) in [5.41, 5.74) is 7.86.